The number of benzene rings is 1. The van der Waals surface area contributed by atoms with Gasteiger partial charge in [0.05, 0.1) is 35.9 Å². The number of ether oxygens (including phenoxy) is 1. The Hall–Kier alpha value is -3.53. The Labute approximate surface area is 175 Å². The number of hydrogen-bond acceptors (Lipinski definition) is 7. The van der Waals surface area contributed by atoms with Gasteiger partial charge in [0.1, 0.15) is 6.04 Å². The Morgan fingerprint density at radius 1 is 1.30 bits per heavy atom. The molecule has 154 valence electrons. The number of nitrogens with zero attached hydrogens (tertiary/aromatic N) is 4. The van der Waals surface area contributed by atoms with Crippen LogP contribution in [-0.2, 0) is 29.0 Å². The number of methoxy groups -OCH3 is 1. The first-order valence-corrected chi connectivity index (χ1v) is 10.0. The number of carbonyl (C=O) groups is 2. The number of rotatable bonds is 5. The van der Waals surface area contributed by atoms with Crippen LogP contribution in [0.2, 0.25) is 0 Å². The summed E-state index contributed by atoms with van der Waals surface area (Å²) in [6.45, 7) is 0.633. The van der Waals surface area contributed by atoms with Gasteiger partial charge in [-0.05, 0) is 33.1 Å². The average Bonchev–Trinajstić information content (AvgIpc) is 3.42. The number of thiophene rings is 1. The third-order valence-electron chi connectivity index (χ3n) is 5.01. The van der Waals surface area contributed by atoms with Gasteiger partial charge in [-0.2, -0.15) is 4.68 Å². The van der Waals surface area contributed by atoms with E-state index in [2.05, 4.69) is 5.10 Å². The zero-order chi connectivity index (χ0) is 21.3. The summed E-state index contributed by atoms with van der Waals surface area (Å²) in [4.78, 5) is 37.8. The van der Waals surface area contributed by atoms with Gasteiger partial charge in [-0.25, -0.2) is 4.79 Å². The molecule has 9 nitrogen and oxygen atoms in total. The molecule has 4 rings (SSSR count). The van der Waals surface area contributed by atoms with Crippen LogP contribution in [0.1, 0.15) is 26.4 Å². The van der Waals surface area contributed by atoms with Crippen molar-refractivity contribution in [3.05, 3.63) is 79.7 Å². The van der Waals surface area contributed by atoms with E-state index in [4.69, 9.17) is 4.74 Å². The SMILES string of the molecule is COC(=O)C1Cc2ccccc2CN1C(=O)c1cc(Cn2ccc([N+](=O)[O-])n2)cs1. The number of aromatic nitrogens is 2. The lowest BCUT2D eigenvalue weighted by atomic mass is 9.93. The molecule has 0 fully saturated rings. The standard InChI is InChI=1S/C20H18N4O5S/c1-29-20(26)16-9-14-4-2-3-5-15(14)11-23(16)19(25)17-8-13(12-30-17)10-22-7-6-18(21-22)24(27)28/h2-8,12,16H,9-11H2,1H3. The van der Waals surface area contributed by atoms with Crippen LogP contribution in [0.4, 0.5) is 5.82 Å². The highest BCUT2D eigenvalue weighted by atomic mass is 32.1. The van der Waals surface area contributed by atoms with Gasteiger partial charge in [-0.3, -0.25) is 4.79 Å². The number of carbonyl (C=O) groups excluding carboxylic acids is 2. The van der Waals surface area contributed by atoms with Crippen molar-refractivity contribution in [3.63, 3.8) is 0 Å². The Morgan fingerprint density at radius 2 is 2.07 bits per heavy atom. The number of esters is 1. The fourth-order valence-corrected chi connectivity index (χ4v) is 4.38. The maximum atomic E-state index is 13.2. The Morgan fingerprint density at radius 3 is 2.77 bits per heavy atom. The molecule has 1 atom stereocenters. The summed E-state index contributed by atoms with van der Waals surface area (Å²) in [7, 11) is 1.32. The van der Waals surface area contributed by atoms with E-state index in [0.29, 0.717) is 24.4 Å². The Bertz CT molecular complexity index is 1120. The van der Waals surface area contributed by atoms with Crippen molar-refractivity contribution in [1.29, 1.82) is 0 Å². The molecule has 0 radical (unpaired) electrons. The van der Waals surface area contributed by atoms with Gasteiger partial charge < -0.3 is 19.8 Å². The normalized spacial score (nSPS) is 15.5. The predicted molar refractivity (Wildman–Crippen MR) is 108 cm³/mol. The van der Waals surface area contributed by atoms with Crippen molar-refractivity contribution in [1.82, 2.24) is 14.7 Å². The van der Waals surface area contributed by atoms with Gasteiger partial charge in [-0.15, -0.1) is 11.3 Å². The molecule has 1 aliphatic heterocycles. The second kappa shape index (κ2) is 8.07. The largest absolute Gasteiger partial charge is 0.467 e. The molecule has 0 saturated carbocycles. The predicted octanol–water partition coefficient (Wildman–Crippen LogP) is 2.64. The highest BCUT2D eigenvalue weighted by Gasteiger charge is 2.36. The molecule has 0 aliphatic carbocycles. The molecule has 0 bridgehead atoms. The first-order valence-electron chi connectivity index (χ1n) is 9.17. The molecule has 0 saturated heterocycles. The summed E-state index contributed by atoms with van der Waals surface area (Å²) in [5.41, 5.74) is 2.84. The van der Waals surface area contributed by atoms with Gasteiger partial charge in [0.25, 0.3) is 5.91 Å². The van der Waals surface area contributed by atoms with Crippen molar-refractivity contribution in [2.45, 2.75) is 25.6 Å². The van der Waals surface area contributed by atoms with E-state index >= 15 is 0 Å². The van der Waals surface area contributed by atoms with Crippen LogP contribution in [0.3, 0.4) is 0 Å². The maximum absolute atomic E-state index is 13.2. The average molecular weight is 426 g/mol. The molecule has 30 heavy (non-hydrogen) atoms. The lowest BCUT2D eigenvalue weighted by Gasteiger charge is -2.34. The maximum Gasteiger partial charge on any atom is 0.389 e. The van der Waals surface area contributed by atoms with Crippen LogP contribution in [0.15, 0.2) is 48.0 Å². The first kappa shape index (κ1) is 19.8. The molecule has 1 aliphatic rings. The summed E-state index contributed by atoms with van der Waals surface area (Å²) in [6, 6.07) is 10.1. The van der Waals surface area contributed by atoms with E-state index in [9.17, 15) is 19.7 Å². The van der Waals surface area contributed by atoms with Gasteiger partial charge >= 0.3 is 11.8 Å². The lowest BCUT2D eigenvalue weighted by Crippen LogP contribution is -2.49. The third kappa shape index (κ3) is 3.81. The van der Waals surface area contributed by atoms with Gasteiger partial charge in [0.2, 0.25) is 0 Å². The van der Waals surface area contributed by atoms with Crippen molar-refractivity contribution in [2.24, 2.45) is 0 Å². The minimum atomic E-state index is -0.684. The fourth-order valence-electron chi connectivity index (χ4n) is 3.52. The molecule has 3 aromatic rings. The first-order chi connectivity index (χ1) is 14.5. The van der Waals surface area contributed by atoms with E-state index in [0.717, 1.165) is 16.7 Å². The van der Waals surface area contributed by atoms with Crippen molar-refractivity contribution in [2.75, 3.05) is 7.11 Å². The molecule has 1 aromatic carbocycles. The number of amides is 1. The third-order valence-corrected chi connectivity index (χ3v) is 5.97. The van der Waals surface area contributed by atoms with Crippen LogP contribution >= 0.6 is 11.3 Å². The van der Waals surface area contributed by atoms with Gasteiger partial charge in [-0.1, -0.05) is 24.3 Å². The molecule has 10 heteroatoms. The quantitative estimate of drug-likeness (QED) is 0.353. The number of hydrogen-bond donors (Lipinski definition) is 0. The molecule has 3 heterocycles. The van der Waals surface area contributed by atoms with E-state index in [1.807, 2.05) is 29.6 Å². The molecular formula is C20H18N4O5S. The minimum Gasteiger partial charge on any atom is -0.467 e. The lowest BCUT2D eigenvalue weighted by molar-refractivity contribution is -0.389. The number of fused-ring (bicyclic) bond motifs is 1. The summed E-state index contributed by atoms with van der Waals surface area (Å²) in [5, 5.41) is 16.5. The van der Waals surface area contributed by atoms with Crippen LogP contribution in [-0.4, -0.2) is 44.6 Å². The van der Waals surface area contributed by atoms with Gasteiger partial charge in [0, 0.05) is 13.0 Å². The van der Waals surface area contributed by atoms with E-state index < -0.39 is 16.9 Å². The molecule has 1 amide bonds. The van der Waals surface area contributed by atoms with Crippen molar-refractivity contribution in [3.8, 4) is 0 Å². The fraction of sp³-hybridized carbons (Fsp3) is 0.250. The summed E-state index contributed by atoms with van der Waals surface area (Å²) >= 11 is 1.27. The molecule has 2 aromatic heterocycles. The molecule has 0 spiro atoms. The number of nitro groups is 1. The molecular weight excluding hydrogens is 408 g/mol. The second-order valence-corrected chi connectivity index (χ2v) is 7.80. The van der Waals surface area contributed by atoms with E-state index in [1.54, 1.807) is 11.0 Å². The molecule has 0 N–H and O–H groups in total. The minimum absolute atomic E-state index is 0.227. The van der Waals surface area contributed by atoms with Crippen molar-refractivity contribution >= 4 is 29.0 Å². The van der Waals surface area contributed by atoms with Gasteiger partial charge in [0.15, 0.2) is 0 Å². The highest BCUT2D eigenvalue weighted by molar-refractivity contribution is 7.12. The smallest absolute Gasteiger partial charge is 0.389 e. The Kier molecular flexibility index (Phi) is 5.32. The van der Waals surface area contributed by atoms with Crippen molar-refractivity contribution < 1.29 is 19.2 Å². The van der Waals surface area contributed by atoms with Crippen LogP contribution in [0.25, 0.3) is 0 Å². The second-order valence-electron chi connectivity index (χ2n) is 6.89. The van der Waals surface area contributed by atoms with Crippen LogP contribution in [0, 0.1) is 10.1 Å². The van der Waals surface area contributed by atoms with Crippen LogP contribution in [0.5, 0.6) is 0 Å². The zero-order valence-corrected chi connectivity index (χ0v) is 16.9. The summed E-state index contributed by atoms with van der Waals surface area (Å²) in [6.07, 6.45) is 1.93. The summed E-state index contributed by atoms with van der Waals surface area (Å²) < 4.78 is 6.38. The summed E-state index contributed by atoms with van der Waals surface area (Å²) in [5.74, 6) is -0.921. The molecule has 1 unspecified atom stereocenters. The Balaban J connectivity index is 1.55. The van der Waals surface area contributed by atoms with E-state index in [1.165, 1.54) is 35.4 Å². The van der Waals surface area contributed by atoms with Crippen LogP contribution < -0.4 is 0 Å². The monoisotopic (exact) mass is 426 g/mol. The van der Waals surface area contributed by atoms with E-state index in [-0.39, 0.29) is 11.7 Å². The zero-order valence-electron chi connectivity index (χ0n) is 16.1. The topological polar surface area (TPSA) is 108 Å². The highest BCUT2D eigenvalue weighted by Crippen LogP contribution is 2.27.